The van der Waals surface area contributed by atoms with E-state index in [4.69, 9.17) is 14.2 Å². The third-order valence-corrected chi connectivity index (χ3v) is 6.92. The monoisotopic (exact) mass is 504 g/mol. The fourth-order valence-electron chi connectivity index (χ4n) is 4.94. The number of ether oxygens (including phenoxy) is 3. The molecule has 0 aliphatic carbocycles. The van der Waals surface area contributed by atoms with Crippen LogP contribution in [-0.4, -0.2) is 57.4 Å². The summed E-state index contributed by atoms with van der Waals surface area (Å²) in [7, 11) is 7.27. The van der Waals surface area contributed by atoms with Gasteiger partial charge in [0.25, 0.3) is 0 Å². The first kappa shape index (κ1) is 26.4. The lowest BCUT2D eigenvalue weighted by atomic mass is 9.91. The molecule has 37 heavy (non-hydrogen) atoms. The van der Waals surface area contributed by atoms with Gasteiger partial charge in [0.15, 0.2) is 11.5 Å². The lowest BCUT2D eigenvalue weighted by Gasteiger charge is -2.38. The van der Waals surface area contributed by atoms with E-state index in [0.29, 0.717) is 36.8 Å². The van der Waals surface area contributed by atoms with Gasteiger partial charge in [-0.1, -0.05) is 42.5 Å². The topological polar surface area (TPSA) is 71.5 Å². The zero-order valence-corrected chi connectivity index (χ0v) is 22.0. The lowest BCUT2D eigenvalue weighted by molar-refractivity contribution is -0.143. The predicted octanol–water partition coefficient (Wildman–Crippen LogP) is 5.23. The molecule has 0 radical (unpaired) electrons. The summed E-state index contributed by atoms with van der Waals surface area (Å²) in [6, 6.07) is 22.2. The average Bonchev–Trinajstić information content (AvgIpc) is 2.93. The highest BCUT2D eigenvalue weighted by Crippen LogP contribution is 2.43. The molecule has 1 saturated heterocycles. The standard InChI is InChI=1S/C30H36N2O5/c1-31(2)25-14-12-22(13-15-25)28(32-16-8-11-23(19-32)30(33)34)24-17-26(35-3)29(27(18-24)36-4)37-20-21-9-6-5-7-10-21/h5-7,9-10,12-15,17-18,23,28H,8,11,16,19-20H2,1-4H3,(H,33,34). The van der Waals surface area contributed by atoms with Crippen LogP contribution >= 0.6 is 0 Å². The molecule has 3 aromatic carbocycles. The molecule has 2 unspecified atom stereocenters. The van der Waals surface area contributed by atoms with Crippen LogP contribution in [-0.2, 0) is 11.4 Å². The van der Waals surface area contributed by atoms with Crippen molar-refractivity contribution in [2.75, 3.05) is 46.3 Å². The van der Waals surface area contributed by atoms with Gasteiger partial charge < -0.3 is 24.2 Å². The van der Waals surface area contributed by atoms with Crippen LogP contribution in [0, 0.1) is 5.92 Å². The molecule has 1 aliphatic rings. The third-order valence-electron chi connectivity index (χ3n) is 6.92. The van der Waals surface area contributed by atoms with Gasteiger partial charge in [0, 0.05) is 26.3 Å². The number of carboxylic acids is 1. The number of hydrogen-bond donors (Lipinski definition) is 1. The number of likely N-dealkylation sites (tertiary alicyclic amines) is 1. The van der Waals surface area contributed by atoms with Crippen LogP contribution in [0.25, 0.3) is 0 Å². The van der Waals surface area contributed by atoms with Gasteiger partial charge in [-0.05, 0) is 60.3 Å². The van der Waals surface area contributed by atoms with E-state index >= 15 is 0 Å². The molecule has 0 bridgehead atoms. The van der Waals surface area contributed by atoms with Crippen molar-refractivity contribution >= 4 is 11.7 Å². The van der Waals surface area contributed by atoms with Gasteiger partial charge in [0.2, 0.25) is 5.75 Å². The largest absolute Gasteiger partial charge is 0.493 e. The summed E-state index contributed by atoms with van der Waals surface area (Å²) in [6.45, 7) is 1.67. The molecule has 1 heterocycles. The van der Waals surface area contributed by atoms with Crippen molar-refractivity contribution in [1.82, 2.24) is 4.90 Å². The molecule has 0 amide bonds. The lowest BCUT2D eigenvalue weighted by Crippen LogP contribution is -2.41. The maximum Gasteiger partial charge on any atom is 0.307 e. The Morgan fingerprint density at radius 3 is 2.22 bits per heavy atom. The van der Waals surface area contributed by atoms with Gasteiger partial charge in [-0.25, -0.2) is 0 Å². The fourth-order valence-corrected chi connectivity index (χ4v) is 4.94. The second kappa shape index (κ2) is 12.0. The van der Waals surface area contributed by atoms with Crippen LogP contribution in [0.1, 0.15) is 35.6 Å². The molecule has 0 aromatic heterocycles. The van der Waals surface area contributed by atoms with Crippen LogP contribution in [0.2, 0.25) is 0 Å². The van der Waals surface area contributed by atoms with E-state index in [-0.39, 0.29) is 6.04 Å². The van der Waals surface area contributed by atoms with Crippen molar-refractivity contribution in [3.05, 3.63) is 83.4 Å². The summed E-state index contributed by atoms with van der Waals surface area (Å²) in [6.07, 6.45) is 1.52. The van der Waals surface area contributed by atoms with E-state index in [2.05, 4.69) is 34.1 Å². The average molecular weight is 505 g/mol. The molecular formula is C30H36N2O5. The SMILES string of the molecule is COc1cc(C(c2ccc(N(C)C)cc2)N2CCCC(C(=O)O)C2)cc(OC)c1OCc1ccccc1. The molecule has 1 aliphatic heterocycles. The molecule has 2 atom stereocenters. The number of piperidine rings is 1. The maximum atomic E-state index is 11.9. The normalized spacial score (nSPS) is 16.6. The summed E-state index contributed by atoms with van der Waals surface area (Å²) in [5.74, 6) is 0.557. The van der Waals surface area contributed by atoms with E-state index in [1.54, 1.807) is 14.2 Å². The van der Waals surface area contributed by atoms with Crippen LogP contribution in [0.15, 0.2) is 66.7 Å². The quantitative estimate of drug-likeness (QED) is 0.405. The zero-order valence-electron chi connectivity index (χ0n) is 22.0. The highest BCUT2D eigenvalue weighted by Gasteiger charge is 2.32. The number of aliphatic carboxylic acids is 1. The second-order valence-electron chi connectivity index (χ2n) is 9.59. The Hall–Kier alpha value is -3.71. The Balaban J connectivity index is 1.74. The van der Waals surface area contributed by atoms with E-state index in [0.717, 1.165) is 35.3 Å². The second-order valence-corrected chi connectivity index (χ2v) is 9.59. The van der Waals surface area contributed by atoms with Crippen molar-refractivity contribution < 1.29 is 24.1 Å². The van der Waals surface area contributed by atoms with E-state index < -0.39 is 11.9 Å². The Labute approximate surface area is 219 Å². The summed E-state index contributed by atoms with van der Waals surface area (Å²) < 4.78 is 17.7. The van der Waals surface area contributed by atoms with Crippen molar-refractivity contribution in [3.63, 3.8) is 0 Å². The van der Waals surface area contributed by atoms with Gasteiger partial charge in [-0.2, -0.15) is 0 Å². The van der Waals surface area contributed by atoms with Gasteiger partial charge in [-0.3, -0.25) is 9.69 Å². The fraction of sp³-hybridized carbons (Fsp3) is 0.367. The predicted molar refractivity (Wildman–Crippen MR) is 145 cm³/mol. The zero-order chi connectivity index (χ0) is 26.4. The van der Waals surface area contributed by atoms with Crippen molar-refractivity contribution in [2.24, 2.45) is 5.92 Å². The van der Waals surface area contributed by atoms with E-state index in [9.17, 15) is 9.90 Å². The van der Waals surface area contributed by atoms with Gasteiger partial charge in [-0.15, -0.1) is 0 Å². The summed E-state index contributed by atoms with van der Waals surface area (Å²) in [4.78, 5) is 16.2. The number of rotatable bonds is 10. The highest BCUT2D eigenvalue weighted by atomic mass is 16.5. The van der Waals surface area contributed by atoms with Crippen LogP contribution in [0.5, 0.6) is 17.2 Å². The molecule has 1 N–H and O–H groups in total. The molecule has 7 nitrogen and oxygen atoms in total. The number of carbonyl (C=O) groups is 1. The molecule has 7 heteroatoms. The Morgan fingerprint density at radius 1 is 1.00 bits per heavy atom. The van der Waals surface area contributed by atoms with E-state index in [1.807, 2.05) is 56.6 Å². The number of hydrogen-bond acceptors (Lipinski definition) is 6. The van der Waals surface area contributed by atoms with Gasteiger partial charge >= 0.3 is 5.97 Å². The van der Waals surface area contributed by atoms with Gasteiger partial charge in [0.1, 0.15) is 6.61 Å². The molecular weight excluding hydrogens is 468 g/mol. The first-order chi connectivity index (χ1) is 17.9. The number of benzene rings is 3. The minimum absolute atomic E-state index is 0.163. The van der Waals surface area contributed by atoms with Crippen molar-refractivity contribution in [1.29, 1.82) is 0 Å². The maximum absolute atomic E-state index is 11.9. The molecule has 4 rings (SSSR count). The molecule has 0 saturated carbocycles. The number of methoxy groups -OCH3 is 2. The van der Waals surface area contributed by atoms with Crippen LogP contribution in [0.4, 0.5) is 5.69 Å². The van der Waals surface area contributed by atoms with E-state index in [1.165, 1.54) is 0 Å². The summed E-state index contributed by atoms with van der Waals surface area (Å²) in [5.41, 5.74) is 4.19. The number of nitrogens with zero attached hydrogens (tertiary/aromatic N) is 2. The highest BCUT2D eigenvalue weighted by molar-refractivity contribution is 5.70. The smallest absolute Gasteiger partial charge is 0.307 e. The Bertz CT molecular complexity index is 1160. The number of anilines is 1. The molecule has 3 aromatic rings. The summed E-state index contributed by atoms with van der Waals surface area (Å²) >= 11 is 0. The first-order valence-electron chi connectivity index (χ1n) is 12.6. The van der Waals surface area contributed by atoms with Crippen molar-refractivity contribution in [2.45, 2.75) is 25.5 Å². The Kier molecular flexibility index (Phi) is 8.56. The van der Waals surface area contributed by atoms with Gasteiger partial charge in [0.05, 0.1) is 26.2 Å². The van der Waals surface area contributed by atoms with Crippen LogP contribution in [0.3, 0.4) is 0 Å². The number of carboxylic acid groups (broad SMARTS) is 1. The molecule has 0 spiro atoms. The summed E-state index contributed by atoms with van der Waals surface area (Å²) in [5, 5.41) is 9.74. The molecule has 196 valence electrons. The minimum Gasteiger partial charge on any atom is -0.493 e. The molecule has 1 fully saturated rings. The van der Waals surface area contributed by atoms with Crippen molar-refractivity contribution in [3.8, 4) is 17.2 Å². The third kappa shape index (κ3) is 6.17. The minimum atomic E-state index is -0.744. The first-order valence-corrected chi connectivity index (χ1v) is 12.6. The van der Waals surface area contributed by atoms with Crippen LogP contribution < -0.4 is 19.1 Å². The Morgan fingerprint density at radius 2 is 1.65 bits per heavy atom.